The predicted molar refractivity (Wildman–Crippen MR) is 165 cm³/mol. The Morgan fingerprint density at radius 3 is 1.86 bits per heavy atom. The van der Waals surface area contributed by atoms with Crippen molar-refractivity contribution in [2.75, 3.05) is 23.8 Å². The summed E-state index contributed by atoms with van der Waals surface area (Å²) in [4.78, 5) is 49.6. The highest BCUT2D eigenvalue weighted by Gasteiger charge is 2.18. The summed E-state index contributed by atoms with van der Waals surface area (Å²) < 4.78 is 12.6. The summed E-state index contributed by atoms with van der Waals surface area (Å²) in [5.41, 5.74) is 6.57. The predicted octanol–water partition coefficient (Wildman–Crippen LogP) is 2.52. The summed E-state index contributed by atoms with van der Waals surface area (Å²) >= 11 is 0. The van der Waals surface area contributed by atoms with Gasteiger partial charge in [-0.3, -0.25) is 15.0 Å². The minimum atomic E-state index is -1.28. The molecule has 0 saturated heterocycles. The van der Waals surface area contributed by atoms with E-state index in [1.807, 2.05) is 0 Å². The van der Waals surface area contributed by atoms with Gasteiger partial charge in [0.2, 0.25) is 0 Å². The lowest BCUT2D eigenvalue weighted by molar-refractivity contribution is 0.0686. The first-order chi connectivity index (χ1) is 23.6. The SMILES string of the molecule is N=Nn1nc(C(=O)Nc2cc(OCCCCCOc3ccc(C(=O)O)c(NC(=O)c4ccc5nnnn5n4)c3)ccc2C(=O)O)ccc1=N. The molecule has 2 amide bonds. The van der Waals surface area contributed by atoms with Gasteiger partial charge >= 0.3 is 11.9 Å². The van der Waals surface area contributed by atoms with E-state index in [2.05, 4.69) is 41.6 Å². The van der Waals surface area contributed by atoms with Gasteiger partial charge in [0, 0.05) is 12.1 Å². The highest BCUT2D eigenvalue weighted by molar-refractivity contribution is 6.07. The van der Waals surface area contributed by atoms with Crippen molar-refractivity contribution in [1.29, 1.82) is 10.9 Å². The number of fused-ring (bicyclic) bond motifs is 1. The third-order valence-corrected chi connectivity index (χ3v) is 6.71. The molecule has 0 atom stereocenters. The van der Waals surface area contributed by atoms with Gasteiger partial charge in [-0.05, 0) is 78.2 Å². The number of carboxylic acid groups (broad SMARTS) is 2. The number of nitrogens with zero attached hydrogens (tertiary/aromatic N) is 8. The molecule has 0 aliphatic rings. The van der Waals surface area contributed by atoms with Gasteiger partial charge in [-0.1, -0.05) is 5.22 Å². The first-order valence-corrected chi connectivity index (χ1v) is 14.3. The molecule has 0 fully saturated rings. The standard InChI is InChI=1S/C29H26N12O8/c30-24-10-8-20(35-40(24)37-31)26(42)32-22-14-16(4-6-18(22)28(44)45)48-12-2-1-3-13-49-17-5-7-19(29(46)47)23(15-17)33-27(43)21-9-11-25-34-38-39-41(25)36-21/h4-11,14-15,30-31H,1-3,12-13H2,(H,32,42)(H,33,43)(H,44,45)(H,46,47). The van der Waals surface area contributed by atoms with Gasteiger partial charge in [-0.2, -0.15) is 5.53 Å². The van der Waals surface area contributed by atoms with Crippen molar-refractivity contribution in [2.24, 2.45) is 5.22 Å². The molecule has 20 heteroatoms. The molecule has 0 aliphatic heterocycles. The molecule has 6 N–H and O–H groups in total. The molecule has 0 spiro atoms. The van der Waals surface area contributed by atoms with Crippen LogP contribution in [0.4, 0.5) is 11.4 Å². The number of aromatic carboxylic acids is 2. The molecule has 3 heterocycles. The zero-order valence-corrected chi connectivity index (χ0v) is 25.2. The fourth-order valence-electron chi connectivity index (χ4n) is 4.32. The number of carbonyl (C=O) groups is 4. The average Bonchev–Trinajstić information content (AvgIpc) is 3.56. The lowest BCUT2D eigenvalue weighted by Gasteiger charge is -2.13. The van der Waals surface area contributed by atoms with Gasteiger partial charge in [-0.15, -0.1) is 24.7 Å². The number of nitrogens with one attached hydrogen (secondary N) is 4. The number of benzene rings is 2. The highest BCUT2D eigenvalue weighted by Crippen LogP contribution is 2.25. The molecule has 250 valence electrons. The number of rotatable bonds is 15. The van der Waals surface area contributed by atoms with Gasteiger partial charge in [0.1, 0.15) is 11.5 Å². The maximum absolute atomic E-state index is 12.8. The lowest BCUT2D eigenvalue weighted by atomic mass is 10.1. The summed E-state index contributed by atoms with van der Waals surface area (Å²) in [7, 11) is 0. The normalized spacial score (nSPS) is 10.7. The Kier molecular flexibility index (Phi) is 10.2. The number of hydrogen-bond acceptors (Lipinski definition) is 14. The molecular formula is C29H26N12O8. The molecule has 3 aromatic heterocycles. The highest BCUT2D eigenvalue weighted by atomic mass is 16.5. The van der Waals surface area contributed by atoms with E-state index in [4.69, 9.17) is 20.4 Å². The second-order valence-corrected chi connectivity index (χ2v) is 10.0. The first kappa shape index (κ1) is 33.2. The number of unbranched alkanes of at least 4 members (excludes halogenated alkanes) is 2. The molecular weight excluding hydrogens is 644 g/mol. The van der Waals surface area contributed by atoms with Crippen molar-refractivity contribution in [1.82, 2.24) is 35.1 Å². The van der Waals surface area contributed by atoms with Crippen LogP contribution in [0.5, 0.6) is 11.5 Å². The average molecular weight is 671 g/mol. The molecule has 0 unspecified atom stereocenters. The van der Waals surface area contributed by atoms with Crippen LogP contribution in [0, 0.1) is 10.9 Å². The van der Waals surface area contributed by atoms with Crippen molar-refractivity contribution in [3.05, 3.63) is 88.7 Å². The van der Waals surface area contributed by atoms with Crippen LogP contribution in [0.1, 0.15) is 61.0 Å². The third-order valence-electron chi connectivity index (χ3n) is 6.71. The number of amides is 2. The van der Waals surface area contributed by atoms with E-state index in [9.17, 15) is 29.4 Å². The smallest absolute Gasteiger partial charge is 0.337 e. The van der Waals surface area contributed by atoms with Crippen molar-refractivity contribution in [3.63, 3.8) is 0 Å². The van der Waals surface area contributed by atoms with Crippen LogP contribution in [0.15, 0.2) is 65.9 Å². The quantitative estimate of drug-likeness (QED) is 0.0690. The molecule has 0 aliphatic carbocycles. The van der Waals surface area contributed by atoms with Gasteiger partial charge in [-0.25, -0.2) is 9.59 Å². The molecule has 20 nitrogen and oxygen atoms in total. The summed E-state index contributed by atoms with van der Waals surface area (Å²) in [5.74, 6) is -3.33. The van der Waals surface area contributed by atoms with Crippen LogP contribution in [0.2, 0.25) is 0 Å². The monoisotopic (exact) mass is 670 g/mol. The van der Waals surface area contributed by atoms with Crippen molar-refractivity contribution in [2.45, 2.75) is 19.3 Å². The summed E-state index contributed by atoms with van der Waals surface area (Å²) in [5, 5.41) is 53.4. The first-order valence-electron chi connectivity index (χ1n) is 14.3. The number of anilines is 2. The minimum Gasteiger partial charge on any atom is -0.494 e. The topological polar surface area (TPSA) is 285 Å². The Hall–Kier alpha value is -7.12. The van der Waals surface area contributed by atoms with Crippen LogP contribution in [-0.4, -0.2) is 82.3 Å². The largest absolute Gasteiger partial charge is 0.494 e. The van der Waals surface area contributed by atoms with Crippen LogP contribution >= 0.6 is 0 Å². The Morgan fingerprint density at radius 1 is 0.755 bits per heavy atom. The Labute approximate surface area is 274 Å². The van der Waals surface area contributed by atoms with Crippen LogP contribution in [0.25, 0.3) is 5.65 Å². The van der Waals surface area contributed by atoms with E-state index in [-0.39, 0.29) is 52.6 Å². The van der Waals surface area contributed by atoms with Gasteiger partial charge in [0.15, 0.2) is 22.5 Å². The number of hydrogen-bond donors (Lipinski definition) is 6. The Balaban J connectivity index is 1.11. The molecule has 49 heavy (non-hydrogen) atoms. The summed E-state index contributed by atoms with van der Waals surface area (Å²) in [6, 6.07) is 13.7. The second-order valence-electron chi connectivity index (χ2n) is 10.0. The van der Waals surface area contributed by atoms with E-state index in [1.54, 1.807) is 0 Å². The molecule has 0 bridgehead atoms. The molecule has 2 aromatic carbocycles. The van der Waals surface area contributed by atoms with E-state index in [0.717, 1.165) is 4.63 Å². The number of ether oxygens (including phenoxy) is 2. The number of carbonyl (C=O) groups excluding carboxylic acids is 2. The fraction of sp³-hybridized carbons (Fsp3) is 0.172. The Morgan fingerprint density at radius 2 is 1.31 bits per heavy atom. The van der Waals surface area contributed by atoms with E-state index in [0.29, 0.717) is 41.2 Å². The van der Waals surface area contributed by atoms with Crippen LogP contribution < -0.4 is 25.6 Å². The Bertz CT molecular complexity index is 2130. The van der Waals surface area contributed by atoms with E-state index < -0.39 is 23.8 Å². The molecule has 0 saturated carbocycles. The van der Waals surface area contributed by atoms with Crippen molar-refractivity contribution < 1.29 is 38.9 Å². The number of aromatic nitrogens is 7. The van der Waals surface area contributed by atoms with Crippen molar-refractivity contribution >= 4 is 40.8 Å². The zero-order valence-electron chi connectivity index (χ0n) is 25.2. The summed E-state index contributed by atoms with van der Waals surface area (Å²) in [6.45, 7) is 0.550. The van der Waals surface area contributed by atoms with E-state index in [1.165, 1.54) is 60.7 Å². The van der Waals surface area contributed by atoms with Crippen molar-refractivity contribution in [3.8, 4) is 11.5 Å². The molecule has 5 rings (SSSR count). The van der Waals surface area contributed by atoms with Crippen LogP contribution in [0.3, 0.4) is 0 Å². The van der Waals surface area contributed by atoms with Gasteiger partial charge in [0.25, 0.3) is 11.8 Å². The number of tetrazole rings is 1. The van der Waals surface area contributed by atoms with Gasteiger partial charge < -0.3 is 30.3 Å². The fourth-order valence-corrected chi connectivity index (χ4v) is 4.32. The zero-order chi connectivity index (χ0) is 34.9. The maximum Gasteiger partial charge on any atom is 0.337 e. The summed E-state index contributed by atoms with van der Waals surface area (Å²) in [6.07, 6.45) is 1.89. The third kappa shape index (κ3) is 8.19. The molecule has 5 aromatic rings. The maximum atomic E-state index is 12.8. The number of carboxylic acids is 2. The van der Waals surface area contributed by atoms with Crippen LogP contribution in [-0.2, 0) is 0 Å². The van der Waals surface area contributed by atoms with E-state index >= 15 is 0 Å². The van der Waals surface area contributed by atoms with Gasteiger partial charge in [0.05, 0.1) is 35.7 Å². The molecule has 0 radical (unpaired) electrons. The lowest BCUT2D eigenvalue weighted by Crippen LogP contribution is -2.23. The second kappa shape index (κ2) is 15.0. The minimum absolute atomic E-state index is 0.0144.